The largest absolute Gasteiger partial charge is 0.296 e. The van der Waals surface area contributed by atoms with E-state index in [1.54, 1.807) is 0 Å². The van der Waals surface area contributed by atoms with Crippen molar-refractivity contribution in [2.75, 3.05) is 0 Å². The normalized spacial score (nSPS) is 10.6. The Bertz CT molecular complexity index is 476. The van der Waals surface area contributed by atoms with Gasteiger partial charge in [0.05, 0.1) is 10.1 Å². The van der Waals surface area contributed by atoms with Gasteiger partial charge in [-0.25, -0.2) is 4.98 Å². The van der Waals surface area contributed by atoms with Crippen molar-refractivity contribution in [3.8, 4) is 0 Å². The maximum atomic E-state index is 10.7. The summed E-state index contributed by atoms with van der Waals surface area (Å²) >= 11 is 3.40. The molecular weight excluding hydrogens is 232 g/mol. The fourth-order valence-corrected chi connectivity index (χ4v) is 1.98. The van der Waals surface area contributed by atoms with E-state index in [2.05, 4.69) is 20.9 Å². The number of carbonyl (C=O) groups excluding carboxylic acids is 1. The van der Waals surface area contributed by atoms with Crippen LogP contribution in [0.4, 0.5) is 0 Å². The minimum absolute atomic E-state index is 0.485. The lowest BCUT2D eigenvalue weighted by Crippen LogP contribution is -1.88. The second-order valence-electron chi connectivity index (χ2n) is 2.73. The van der Waals surface area contributed by atoms with Crippen molar-refractivity contribution in [2.45, 2.75) is 6.92 Å². The average molecular weight is 239 g/mol. The number of aryl methyl sites for hydroxylation is 1. The van der Waals surface area contributed by atoms with Crippen LogP contribution >= 0.6 is 15.9 Å². The Labute approximate surface area is 83.5 Å². The summed E-state index contributed by atoms with van der Waals surface area (Å²) in [6, 6.07) is 5.66. The van der Waals surface area contributed by atoms with Crippen molar-refractivity contribution >= 4 is 27.7 Å². The summed E-state index contributed by atoms with van der Waals surface area (Å²) in [5.74, 6) is 0.810. The molecule has 0 saturated carbocycles. The van der Waals surface area contributed by atoms with Gasteiger partial charge in [0.25, 0.3) is 0 Å². The first-order valence-corrected chi connectivity index (χ1v) is 4.62. The molecule has 3 nitrogen and oxygen atoms in total. The summed E-state index contributed by atoms with van der Waals surface area (Å²) in [5, 5.41) is 0. The third-order valence-electron chi connectivity index (χ3n) is 1.92. The Morgan fingerprint density at radius 2 is 2.31 bits per heavy atom. The van der Waals surface area contributed by atoms with Crippen molar-refractivity contribution in [3.63, 3.8) is 0 Å². The lowest BCUT2D eigenvalue weighted by atomic mass is 10.3. The average Bonchev–Trinajstić information content (AvgIpc) is 2.44. The van der Waals surface area contributed by atoms with Gasteiger partial charge >= 0.3 is 0 Å². The monoisotopic (exact) mass is 238 g/mol. The molecule has 0 bridgehead atoms. The van der Waals surface area contributed by atoms with Gasteiger partial charge in [-0.05, 0) is 35.0 Å². The van der Waals surface area contributed by atoms with Crippen molar-refractivity contribution in [3.05, 3.63) is 34.3 Å². The maximum Gasteiger partial charge on any atom is 0.170 e. The highest BCUT2D eigenvalue weighted by atomic mass is 79.9. The molecule has 0 aliphatic carbocycles. The first-order chi connectivity index (χ1) is 6.24. The van der Waals surface area contributed by atoms with Gasteiger partial charge in [-0.1, -0.05) is 6.07 Å². The molecule has 0 aliphatic heterocycles. The van der Waals surface area contributed by atoms with Crippen molar-refractivity contribution < 1.29 is 4.79 Å². The van der Waals surface area contributed by atoms with E-state index in [9.17, 15) is 4.79 Å². The summed E-state index contributed by atoms with van der Waals surface area (Å²) in [6.07, 6.45) is 0.773. The van der Waals surface area contributed by atoms with Gasteiger partial charge in [-0.15, -0.1) is 0 Å². The predicted octanol–water partition coefficient (Wildman–Crippen LogP) is 2.22. The molecule has 0 atom stereocenters. The number of imidazole rings is 1. The molecule has 2 heterocycles. The molecule has 2 aromatic rings. The molecule has 2 aromatic heterocycles. The second kappa shape index (κ2) is 2.96. The zero-order valence-electron chi connectivity index (χ0n) is 6.99. The van der Waals surface area contributed by atoms with E-state index in [4.69, 9.17) is 0 Å². The molecule has 0 fully saturated rings. The molecule has 0 unspecified atom stereocenters. The highest BCUT2D eigenvalue weighted by Crippen LogP contribution is 2.17. The Hall–Kier alpha value is -1.16. The lowest BCUT2D eigenvalue weighted by Gasteiger charge is -1.98. The molecule has 0 aromatic carbocycles. The van der Waals surface area contributed by atoms with Crippen LogP contribution in [0.5, 0.6) is 0 Å². The van der Waals surface area contributed by atoms with Crippen LogP contribution in [0.15, 0.2) is 22.8 Å². The van der Waals surface area contributed by atoms with Crippen molar-refractivity contribution in [1.29, 1.82) is 0 Å². The molecular formula is C9H7BrN2O. The SMILES string of the molecule is Cc1nc(C=O)c2cccc(Br)n12. The van der Waals surface area contributed by atoms with Gasteiger partial charge in [-0.2, -0.15) is 0 Å². The zero-order chi connectivity index (χ0) is 9.42. The number of aldehydes is 1. The summed E-state index contributed by atoms with van der Waals surface area (Å²) < 4.78 is 2.80. The van der Waals surface area contributed by atoms with E-state index in [1.165, 1.54) is 0 Å². The van der Waals surface area contributed by atoms with Crippen LogP contribution in [0.1, 0.15) is 16.3 Å². The summed E-state index contributed by atoms with van der Waals surface area (Å²) in [7, 11) is 0. The molecule has 0 radical (unpaired) electrons. The number of carbonyl (C=O) groups is 1. The van der Waals surface area contributed by atoms with Gasteiger partial charge < -0.3 is 0 Å². The van der Waals surface area contributed by atoms with Crippen LogP contribution in [-0.2, 0) is 0 Å². The van der Waals surface area contributed by atoms with Crippen LogP contribution < -0.4 is 0 Å². The minimum Gasteiger partial charge on any atom is -0.296 e. The van der Waals surface area contributed by atoms with Crippen LogP contribution in [0, 0.1) is 6.92 Å². The van der Waals surface area contributed by atoms with Crippen LogP contribution in [0.3, 0.4) is 0 Å². The van der Waals surface area contributed by atoms with Crippen molar-refractivity contribution in [1.82, 2.24) is 9.38 Å². The number of aromatic nitrogens is 2. The first kappa shape index (κ1) is 8.44. The molecule has 0 N–H and O–H groups in total. The van der Waals surface area contributed by atoms with E-state index in [0.717, 1.165) is 22.2 Å². The summed E-state index contributed by atoms with van der Waals surface area (Å²) in [6.45, 7) is 1.87. The van der Waals surface area contributed by atoms with E-state index in [0.29, 0.717) is 5.69 Å². The van der Waals surface area contributed by atoms with E-state index >= 15 is 0 Å². The standard InChI is InChI=1S/C9H7BrN2O/c1-6-11-7(5-13)8-3-2-4-9(10)12(6)8/h2-5H,1H3. The molecule has 2 rings (SSSR count). The third kappa shape index (κ3) is 1.18. The van der Waals surface area contributed by atoms with Gasteiger partial charge in [0.1, 0.15) is 11.5 Å². The number of pyridine rings is 1. The van der Waals surface area contributed by atoms with Gasteiger partial charge in [-0.3, -0.25) is 9.20 Å². The molecule has 4 heteroatoms. The van der Waals surface area contributed by atoms with E-state index < -0.39 is 0 Å². The summed E-state index contributed by atoms with van der Waals surface area (Å²) in [5.41, 5.74) is 1.32. The number of fused-ring (bicyclic) bond motifs is 1. The van der Waals surface area contributed by atoms with Gasteiger partial charge in [0.2, 0.25) is 0 Å². The van der Waals surface area contributed by atoms with E-state index in [-0.39, 0.29) is 0 Å². The number of hydrogen-bond donors (Lipinski definition) is 0. The van der Waals surface area contributed by atoms with Crippen LogP contribution in [-0.4, -0.2) is 15.7 Å². The lowest BCUT2D eigenvalue weighted by molar-refractivity contribution is 0.112. The Kier molecular flexibility index (Phi) is 1.92. The molecule has 0 aliphatic rings. The van der Waals surface area contributed by atoms with E-state index in [1.807, 2.05) is 29.5 Å². The molecule has 0 spiro atoms. The predicted molar refractivity (Wildman–Crippen MR) is 53.0 cm³/mol. The fourth-order valence-electron chi connectivity index (χ4n) is 1.38. The topological polar surface area (TPSA) is 34.4 Å². The first-order valence-electron chi connectivity index (χ1n) is 3.83. The van der Waals surface area contributed by atoms with Crippen LogP contribution in [0.25, 0.3) is 5.52 Å². The smallest absolute Gasteiger partial charge is 0.170 e. The quantitative estimate of drug-likeness (QED) is 0.564. The summed E-state index contributed by atoms with van der Waals surface area (Å²) in [4.78, 5) is 14.8. The third-order valence-corrected chi connectivity index (χ3v) is 2.54. The maximum absolute atomic E-state index is 10.7. The Morgan fingerprint density at radius 3 is 3.00 bits per heavy atom. The molecule has 66 valence electrons. The minimum atomic E-state index is 0.485. The van der Waals surface area contributed by atoms with Crippen LogP contribution in [0.2, 0.25) is 0 Å². The molecule has 0 saturated heterocycles. The fraction of sp³-hybridized carbons (Fsp3) is 0.111. The Morgan fingerprint density at radius 1 is 1.54 bits per heavy atom. The number of halogens is 1. The highest BCUT2D eigenvalue weighted by Gasteiger charge is 2.07. The van der Waals surface area contributed by atoms with Gasteiger partial charge in [0, 0.05) is 0 Å². The van der Waals surface area contributed by atoms with Gasteiger partial charge in [0.15, 0.2) is 6.29 Å². The molecule has 13 heavy (non-hydrogen) atoms. The van der Waals surface area contributed by atoms with Crippen molar-refractivity contribution in [2.24, 2.45) is 0 Å². The molecule has 0 amide bonds. The Balaban J connectivity index is 2.95. The zero-order valence-corrected chi connectivity index (χ0v) is 8.58. The second-order valence-corrected chi connectivity index (χ2v) is 3.54. The number of nitrogens with zero attached hydrogens (tertiary/aromatic N) is 2. The number of rotatable bonds is 1. The number of hydrogen-bond acceptors (Lipinski definition) is 2. The highest BCUT2D eigenvalue weighted by molar-refractivity contribution is 9.10.